The molecule has 0 fully saturated rings. The largest absolute Gasteiger partial charge is 0.451 e. The van der Waals surface area contributed by atoms with Gasteiger partial charge in [0.05, 0.1) is 6.54 Å². The zero-order valence-corrected chi connectivity index (χ0v) is 9.29. The summed E-state index contributed by atoms with van der Waals surface area (Å²) in [6.45, 7) is 1.84. The van der Waals surface area contributed by atoms with Crippen molar-refractivity contribution in [3.8, 4) is 12.3 Å². The molecule has 0 aliphatic rings. The molecule has 0 N–H and O–H groups in total. The van der Waals surface area contributed by atoms with E-state index in [1.54, 1.807) is 0 Å². The first-order chi connectivity index (χ1) is 8.43. The normalized spacial score (nSPS) is 9.00. The van der Waals surface area contributed by atoms with E-state index in [2.05, 4.69) is 17.2 Å². The highest BCUT2D eigenvalue weighted by Crippen LogP contribution is 2.09. The topological polar surface area (TPSA) is 46.6 Å². The van der Waals surface area contributed by atoms with Crippen LogP contribution in [0, 0.1) is 12.3 Å². The van der Waals surface area contributed by atoms with E-state index in [1.165, 1.54) is 6.08 Å². The van der Waals surface area contributed by atoms with E-state index in [0.29, 0.717) is 0 Å². The molecule has 0 bridgehead atoms. The second-order valence-corrected chi connectivity index (χ2v) is 2.92. The molecule has 0 aromatic rings. The average molecular weight is 261 g/mol. The Bertz CT molecular complexity index is 408. The molecule has 0 saturated heterocycles. The van der Waals surface area contributed by atoms with Gasteiger partial charge in [-0.05, 0) is 0 Å². The summed E-state index contributed by atoms with van der Waals surface area (Å²) in [4.78, 5) is 23.4. The minimum Gasteiger partial charge on any atom is -0.451 e. The van der Waals surface area contributed by atoms with E-state index in [0.717, 1.165) is 4.90 Å². The predicted octanol–water partition coefficient (Wildman–Crippen LogP) is 1.25. The van der Waals surface area contributed by atoms with Crippen LogP contribution in [0.3, 0.4) is 0 Å². The summed E-state index contributed by atoms with van der Waals surface area (Å²) in [6, 6.07) is 0. The van der Waals surface area contributed by atoms with Crippen molar-refractivity contribution < 1.29 is 27.5 Å². The van der Waals surface area contributed by atoms with Crippen LogP contribution in [0.4, 0.5) is 13.2 Å². The van der Waals surface area contributed by atoms with Gasteiger partial charge in [0.2, 0.25) is 5.83 Å². The van der Waals surface area contributed by atoms with Gasteiger partial charge in [0.25, 0.3) is 0 Å². The van der Waals surface area contributed by atoms with E-state index >= 15 is 0 Å². The smallest absolute Gasteiger partial charge is 0.397 e. The molecular formula is C11H10F3NO3. The summed E-state index contributed by atoms with van der Waals surface area (Å²) < 4.78 is 39.7. The first-order valence-electron chi connectivity index (χ1n) is 4.64. The molecule has 0 unspecified atom stereocenters. The van der Waals surface area contributed by atoms with Crippen LogP contribution in [-0.4, -0.2) is 36.5 Å². The van der Waals surface area contributed by atoms with E-state index in [-0.39, 0.29) is 13.1 Å². The highest BCUT2D eigenvalue weighted by molar-refractivity contribution is 6.32. The van der Waals surface area contributed by atoms with Crippen LogP contribution in [-0.2, 0) is 14.3 Å². The van der Waals surface area contributed by atoms with Crippen LogP contribution in [0.5, 0.6) is 0 Å². The zero-order chi connectivity index (χ0) is 14.1. The molecule has 0 aliphatic heterocycles. The molecular weight excluding hydrogens is 251 g/mol. The molecule has 0 spiro atoms. The van der Waals surface area contributed by atoms with Gasteiger partial charge in [0, 0.05) is 6.54 Å². The number of nitrogens with zero attached hydrogens (tertiary/aromatic N) is 1. The Morgan fingerprint density at radius 3 is 2.44 bits per heavy atom. The van der Waals surface area contributed by atoms with E-state index < -0.39 is 30.4 Å². The lowest BCUT2D eigenvalue weighted by molar-refractivity contribution is -0.159. The van der Waals surface area contributed by atoms with Crippen LogP contribution in [0.15, 0.2) is 24.6 Å². The summed E-state index contributed by atoms with van der Waals surface area (Å²) in [5.74, 6) is -2.42. The van der Waals surface area contributed by atoms with Crippen LogP contribution >= 0.6 is 0 Å². The molecule has 4 nitrogen and oxygen atoms in total. The Morgan fingerprint density at radius 2 is 2.00 bits per heavy atom. The standard InChI is InChI=1S/C11H10F3NO3/c1-3-5-15(6-4-2)10(16)11(17)18-7-8(12)9(13)14/h1,4H,2,5-7H2. The van der Waals surface area contributed by atoms with Crippen molar-refractivity contribution in [2.24, 2.45) is 0 Å². The molecule has 0 rings (SSSR count). The minimum absolute atomic E-state index is 0.0199. The van der Waals surface area contributed by atoms with Crippen molar-refractivity contribution >= 4 is 11.9 Å². The number of ether oxygens (including phenoxy) is 1. The van der Waals surface area contributed by atoms with E-state index in [1.807, 2.05) is 0 Å². The number of hydrogen-bond acceptors (Lipinski definition) is 3. The zero-order valence-electron chi connectivity index (χ0n) is 9.29. The Labute approximate surface area is 102 Å². The van der Waals surface area contributed by atoms with Gasteiger partial charge in [0.1, 0.15) is 6.61 Å². The predicted molar refractivity (Wildman–Crippen MR) is 56.9 cm³/mol. The molecule has 0 saturated carbocycles. The number of terminal acetylenes is 1. The number of amides is 1. The molecule has 0 aliphatic carbocycles. The molecule has 0 aromatic heterocycles. The molecule has 7 heteroatoms. The van der Waals surface area contributed by atoms with Crippen molar-refractivity contribution in [1.82, 2.24) is 4.90 Å². The van der Waals surface area contributed by atoms with Gasteiger partial charge in [0.15, 0.2) is 0 Å². The number of halogens is 3. The van der Waals surface area contributed by atoms with Crippen LogP contribution in [0.1, 0.15) is 0 Å². The van der Waals surface area contributed by atoms with Gasteiger partial charge in [-0.25, -0.2) is 9.18 Å². The number of esters is 1. The Balaban J connectivity index is 4.49. The maximum absolute atomic E-state index is 12.3. The fraction of sp³-hybridized carbons (Fsp3) is 0.273. The molecule has 1 amide bonds. The highest BCUT2D eigenvalue weighted by Gasteiger charge is 2.22. The van der Waals surface area contributed by atoms with E-state index in [9.17, 15) is 22.8 Å². The molecule has 0 heterocycles. The van der Waals surface area contributed by atoms with Gasteiger partial charge in [-0.3, -0.25) is 4.79 Å². The Kier molecular flexibility index (Phi) is 6.96. The number of hydrogen-bond donors (Lipinski definition) is 0. The van der Waals surface area contributed by atoms with Crippen molar-refractivity contribution in [1.29, 1.82) is 0 Å². The van der Waals surface area contributed by atoms with Gasteiger partial charge >= 0.3 is 18.0 Å². The Morgan fingerprint density at radius 1 is 1.39 bits per heavy atom. The molecule has 18 heavy (non-hydrogen) atoms. The lowest BCUT2D eigenvalue weighted by Crippen LogP contribution is -2.38. The highest BCUT2D eigenvalue weighted by atomic mass is 19.3. The SMILES string of the molecule is C#CCN(CC=C)C(=O)C(=O)OCC(F)=C(F)F. The second kappa shape index (κ2) is 7.95. The average Bonchev–Trinajstić information content (AvgIpc) is 2.34. The van der Waals surface area contributed by atoms with Gasteiger partial charge in [-0.2, -0.15) is 8.78 Å². The van der Waals surface area contributed by atoms with Crippen molar-refractivity contribution in [3.05, 3.63) is 24.6 Å². The lowest BCUT2D eigenvalue weighted by Gasteiger charge is -2.16. The molecule has 98 valence electrons. The monoisotopic (exact) mass is 261 g/mol. The number of carbonyl (C=O) groups is 2. The Hall–Kier alpha value is -2.23. The second-order valence-electron chi connectivity index (χ2n) is 2.92. The molecule has 0 atom stereocenters. The van der Waals surface area contributed by atoms with Crippen LogP contribution < -0.4 is 0 Å². The minimum atomic E-state index is -2.61. The summed E-state index contributed by atoms with van der Waals surface area (Å²) in [6.07, 6.45) is 3.66. The van der Waals surface area contributed by atoms with Crippen molar-refractivity contribution in [2.45, 2.75) is 0 Å². The molecule has 0 aromatic carbocycles. The first kappa shape index (κ1) is 15.8. The third-order valence-corrected chi connectivity index (χ3v) is 1.63. The molecule has 0 radical (unpaired) electrons. The summed E-state index contributed by atoms with van der Waals surface area (Å²) in [5.41, 5.74) is 0. The quantitative estimate of drug-likeness (QED) is 0.324. The van der Waals surface area contributed by atoms with Crippen molar-refractivity contribution in [2.75, 3.05) is 19.7 Å². The summed E-state index contributed by atoms with van der Waals surface area (Å²) >= 11 is 0. The maximum Gasteiger partial charge on any atom is 0.397 e. The van der Waals surface area contributed by atoms with Gasteiger partial charge in [-0.15, -0.1) is 13.0 Å². The van der Waals surface area contributed by atoms with Gasteiger partial charge < -0.3 is 9.64 Å². The van der Waals surface area contributed by atoms with Crippen molar-refractivity contribution in [3.63, 3.8) is 0 Å². The third kappa shape index (κ3) is 5.21. The maximum atomic E-state index is 12.3. The lowest BCUT2D eigenvalue weighted by atomic mass is 10.4. The van der Waals surface area contributed by atoms with Crippen LogP contribution in [0.2, 0.25) is 0 Å². The number of carbonyl (C=O) groups excluding carboxylic acids is 2. The summed E-state index contributed by atoms with van der Waals surface area (Å²) in [5, 5.41) is 0. The third-order valence-electron chi connectivity index (χ3n) is 1.63. The van der Waals surface area contributed by atoms with Crippen LogP contribution in [0.25, 0.3) is 0 Å². The fourth-order valence-corrected chi connectivity index (χ4v) is 0.860. The summed E-state index contributed by atoms with van der Waals surface area (Å²) in [7, 11) is 0. The van der Waals surface area contributed by atoms with Gasteiger partial charge in [-0.1, -0.05) is 12.0 Å². The first-order valence-corrected chi connectivity index (χ1v) is 4.64. The fourth-order valence-electron chi connectivity index (χ4n) is 0.860. The van der Waals surface area contributed by atoms with E-state index in [4.69, 9.17) is 6.42 Å². The number of rotatable bonds is 5.